The maximum atomic E-state index is 12.9. The highest BCUT2D eigenvalue weighted by molar-refractivity contribution is 5.21. The second-order valence-electron chi connectivity index (χ2n) is 2.83. The molecular weight excluding hydrogens is 148 g/mol. The summed E-state index contributed by atoms with van der Waals surface area (Å²) in [6.45, 7) is 0. The normalized spacial score (nSPS) is 27.9. The molecule has 0 radical (unpaired) electrons. The average Bonchev–Trinajstić information content (AvgIpc) is 1.85. The largest absolute Gasteiger partial charge is 0.297 e. The molecule has 1 nitrogen and oxygen atoms in total. The molecule has 0 aromatic heterocycles. The van der Waals surface area contributed by atoms with Gasteiger partial charge in [0.1, 0.15) is 0 Å². The van der Waals surface area contributed by atoms with E-state index in [1.54, 1.807) is 20.2 Å². The minimum Gasteiger partial charge on any atom is -0.297 e. The van der Waals surface area contributed by atoms with Crippen molar-refractivity contribution in [2.45, 2.75) is 12.0 Å². The molecule has 1 rings (SSSR count). The van der Waals surface area contributed by atoms with Gasteiger partial charge in [0.2, 0.25) is 0 Å². The van der Waals surface area contributed by atoms with Crippen molar-refractivity contribution in [2.75, 3.05) is 14.1 Å². The van der Waals surface area contributed by atoms with Crippen LogP contribution in [0.1, 0.15) is 0 Å². The van der Waals surface area contributed by atoms with Crippen LogP contribution in [0.2, 0.25) is 0 Å². The molecule has 0 N–H and O–H groups in total. The number of rotatable bonds is 1. The van der Waals surface area contributed by atoms with Gasteiger partial charge in [-0.2, -0.15) is 8.78 Å². The van der Waals surface area contributed by atoms with E-state index in [-0.39, 0.29) is 0 Å². The summed E-state index contributed by atoms with van der Waals surface area (Å²) in [5.41, 5.74) is 0. The molecule has 1 aliphatic rings. The van der Waals surface area contributed by atoms with Gasteiger partial charge in [0, 0.05) is 0 Å². The third-order valence-corrected chi connectivity index (χ3v) is 1.67. The van der Waals surface area contributed by atoms with Crippen LogP contribution >= 0.6 is 0 Å². The lowest BCUT2D eigenvalue weighted by Gasteiger charge is -2.28. The Morgan fingerprint density at radius 3 is 2.27 bits per heavy atom. The van der Waals surface area contributed by atoms with Crippen molar-refractivity contribution in [1.82, 2.24) is 4.90 Å². The SMILES string of the molecule is CN(C)C1C=CC=CC1(F)F. The molecule has 0 fully saturated rings. The number of likely N-dealkylation sites (N-methyl/N-ethyl adjacent to an activating group) is 1. The first kappa shape index (κ1) is 8.40. The minimum atomic E-state index is -2.72. The molecular formula is C8H11F2N. The first-order valence-electron chi connectivity index (χ1n) is 3.44. The van der Waals surface area contributed by atoms with E-state index in [2.05, 4.69) is 0 Å². The standard InChI is InChI=1S/C8H11F2N/c1-11(2)7-5-3-4-6-8(7,9)10/h3-7H,1-2H3. The Morgan fingerprint density at radius 2 is 1.91 bits per heavy atom. The summed E-state index contributed by atoms with van der Waals surface area (Å²) < 4.78 is 25.9. The van der Waals surface area contributed by atoms with Gasteiger partial charge in [-0.05, 0) is 20.2 Å². The van der Waals surface area contributed by atoms with Gasteiger partial charge in [0.05, 0.1) is 6.04 Å². The van der Waals surface area contributed by atoms with Gasteiger partial charge in [-0.1, -0.05) is 18.2 Å². The zero-order valence-corrected chi connectivity index (χ0v) is 6.59. The van der Waals surface area contributed by atoms with E-state index in [9.17, 15) is 8.78 Å². The quantitative estimate of drug-likeness (QED) is 0.562. The highest BCUT2D eigenvalue weighted by Gasteiger charge is 2.37. The Balaban J connectivity index is 2.80. The molecule has 0 spiro atoms. The molecule has 1 aliphatic carbocycles. The third kappa shape index (κ3) is 1.66. The van der Waals surface area contributed by atoms with Gasteiger partial charge in [0.15, 0.2) is 0 Å². The molecule has 62 valence electrons. The van der Waals surface area contributed by atoms with E-state index in [0.29, 0.717) is 0 Å². The van der Waals surface area contributed by atoms with Crippen molar-refractivity contribution < 1.29 is 8.78 Å². The van der Waals surface area contributed by atoms with E-state index in [1.165, 1.54) is 17.1 Å². The van der Waals surface area contributed by atoms with Gasteiger partial charge in [-0.3, -0.25) is 4.90 Å². The summed E-state index contributed by atoms with van der Waals surface area (Å²) >= 11 is 0. The van der Waals surface area contributed by atoms with Crippen molar-refractivity contribution >= 4 is 0 Å². The van der Waals surface area contributed by atoms with Crippen LogP contribution in [0, 0.1) is 0 Å². The van der Waals surface area contributed by atoms with E-state index in [4.69, 9.17) is 0 Å². The van der Waals surface area contributed by atoms with Crippen molar-refractivity contribution in [3.05, 3.63) is 24.3 Å². The number of allylic oxidation sites excluding steroid dienone is 2. The van der Waals surface area contributed by atoms with Crippen LogP contribution < -0.4 is 0 Å². The molecule has 0 aromatic carbocycles. The van der Waals surface area contributed by atoms with Crippen molar-refractivity contribution in [3.63, 3.8) is 0 Å². The van der Waals surface area contributed by atoms with Crippen LogP contribution in [0.15, 0.2) is 24.3 Å². The summed E-state index contributed by atoms with van der Waals surface area (Å²) in [6.07, 6.45) is 5.44. The number of halogens is 2. The lowest BCUT2D eigenvalue weighted by atomic mass is 10.0. The maximum Gasteiger partial charge on any atom is 0.285 e. The molecule has 0 saturated heterocycles. The number of alkyl halides is 2. The zero-order chi connectivity index (χ0) is 8.48. The Hall–Kier alpha value is -0.700. The Kier molecular flexibility index (Phi) is 2.09. The maximum absolute atomic E-state index is 12.9. The fraction of sp³-hybridized carbons (Fsp3) is 0.500. The van der Waals surface area contributed by atoms with Crippen LogP contribution in [-0.4, -0.2) is 31.0 Å². The Bertz CT molecular complexity index is 194. The van der Waals surface area contributed by atoms with Gasteiger partial charge >= 0.3 is 0 Å². The summed E-state index contributed by atoms with van der Waals surface area (Å²) in [4.78, 5) is 1.50. The summed E-state index contributed by atoms with van der Waals surface area (Å²) in [7, 11) is 3.28. The summed E-state index contributed by atoms with van der Waals surface area (Å²) in [6, 6.07) is -0.799. The fourth-order valence-corrected chi connectivity index (χ4v) is 1.10. The lowest BCUT2D eigenvalue weighted by molar-refractivity contribution is -0.00648. The van der Waals surface area contributed by atoms with E-state index >= 15 is 0 Å². The molecule has 0 bridgehead atoms. The van der Waals surface area contributed by atoms with Crippen molar-refractivity contribution in [3.8, 4) is 0 Å². The summed E-state index contributed by atoms with van der Waals surface area (Å²) in [5.74, 6) is -2.72. The van der Waals surface area contributed by atoms with Crippen LogP contribution in [-0.2, 0) is 0 Å². The minimum absolute atomic E-state index is 0.799. The van der Waals surface area contributed by atoms with Crippen molar-refractivity contribution in [2.24, 2.45) is 0 Å². The first-order valence-corrected chi connectivity index (χ1v) is 3.44. The van der Waals surface area contributed by atoms with Gasteiger partial charge in [-0.25, -0.2) is 0 Å². The lowest BCUT2D eigenvalue weighted by Crippen LogP contribution is -2.42. The van der Waals surface area contributed by atoms with E-state index in [0.717, 1.165) is 6.08 Å². The molecule has 0 aromatic rings. The highest BCUT2D eigenvalue weighted by Crippen LogP contribution is 2.26. The number of nitrogens with zero attached hydrogens (tertiary/aromatic N) is 1. The van der Waals surface area contributed by atoms with E-state index < -0.39 is 12.0 Å². The Labute approximate surface area is 65.0 Å². The first-order chi connectivity index (χ1) is 5.04. The Morgan fingerprint density at radius 1 is 1.27 bits per heavy atom. The molecule has 0 aliphatic heterocycles. The molecule has 11 heavy (non-hydrogen) atoms. The number of hydrogen-bond donors (Lipinski definition) is 0. The third-order valence-electron chi connectivity index (χ3n) is 1.67. The van der Waals surface area contributed by atoms with E-state index in [1.807, 2.05) is 0 Å². The van der Waals surface area contributed by atoms with Crippen molar-refractivity contribution in [1.29, 1.82) is 0 Å². The zero-order valence-electron chi connectivity index (χ0n) is 6.59. The van der Waals surface area contributed by atoms with Crippen LogP contribution in [0.5, 0.6) is 0 Å². The molecule has 1 unspecified atom stereocenters. The smallest absolute Gasteiger partial charge is 0.285 e. The fourth-order valence-electron chi connectivity index (χ4n) is 1.10. The second-order valence-corrected chi connectivity index (χ2v) is 2.83. The predicted molar refractivity (Wildman–Crippen MR) is 40.7 cm³/mol. The van der Waals surface area contributed by atoms with Crippen LogP contribution in [0.25, 0.3) is 0 Å². The topological polar surface area (TPSA) is 3.24 Å². The molecule has 0 saturated carbocycles. The average molecular weight is 159 g/mol. The monoisotopic (exact) mass is 159 g/mol. The molecule has 3 heteroatoms. The van der Waals surface area contributed by atoms with Crippen LogP contribution in [0.4, 0.5) is 8.78 Å². The summed E-state index contributed by atoms with van der Waals surface area (Å²) in [5, 5.41) is 0. The van der Waals surface area contributed by atoms with Gasteiger partial charge < -0.3 is 0 Å². The highest BCUT2D eigenvalue weighted by atomic mass is 19.3. The molecule has 0 amide bonds. The van der Waals surface area contributed by atoms with Gasteiger partial charge in [-0.15, -0.1) is 0 Å². The predicted octanol–water partition coefficient (Wildman–Crippen LogP) is 1.68. The second kappa shape index (κ2) is 2.74. The number of hydrogen-bond acceptors (Lipinski definition) is 1. The van der Waals surface area contributed by atoms with Crippen LogP contribution in [0.3, 0.4) is 0 Å². The van der Waals surface area contributed by atoms with Gasteiger partial charge in [0.25, 0.3) is 5.92 Å². The molecule has 1 atom stereocenters. The molecule has 0 heterocycles.